The predicted octanol–water partition coefficient (Wildman–Crippen LogP) is 2.67. The molecule has 0 saturated heterocycles. The van der Waals surface area contributed by atoms with Gasteiger partial charge in [-0.05, 0) is 5.56 Å². The second-order valence-electron chi connectivity index (χ2n) is 4.33. The normalized spacial score (nSPS) is 10.0. The average Bonchev–Trinajstić information content (AvgIpc) is 2.54. The number of nitrogens with two attached hydrogens (primary N) is 1. The molecule has 0 radical (unpaired) electrons. The van der Waals surface area contributed by atoms with Crippen LogP contribution < -0.4 is 11.1 Å². The van der Waals surface area contributed by atoms with Crippen LogP contribution in [0.3, 0.4) is 0 Å². The number of hydrogen-bond donors (Lipinski definition) is 2. The summed E-state index contributed by atoms with van der Waals surface area (Å²) in [5.74, 6) is -0.432. The SMILES string of the molecule is C=CCNc1nc(N)c(C(=O)OCc2ccccc2)nc1Cl. The van der Waals surface area contributed by atoms with Crippen molar-refractivity contribution in [1.82, 2.24) is 9.97 Å². The minimum Gasteiger partial charge on any atom is -0.456 e. The lowest BCUT2D eigenvalue weighted by Crippen LogP contribution is -2.14. The van der Waals surface area contributed by atoms with E-state index in [-0.39, 0.29) is 23.3 Å². The van der Waals surface area contributed by atoms with Crippen molar-refractivity contribution >= 4 is 29.2 Å². The second kappa shape index (κ2) is 7.42. The van der Waals surface area contributed by atoms with Crippen molar-refractivity contribution in [1.29, 1.82) is 0 Å². The van der Waals surface area contributed by atoms with Crippen LogP contribution in [0.2, 0.25) is 5.15 Å². The van der Waals surface area contributed by atoms with Crippen LogP contribution in [0.5, 0.6) is 0 Å². The van der Waals surface area contributed by atoms with Crippen molar-refractivity contribution in [3.8, 4) is 0 Å². The largest absolute Gasteiger partial charge is 0.456 e. The van der Waals surface area contributed by atoms with Crippen molar-refractivity contribution in [3.05, 3.63) is 59.4 Å². The molecule has 2 aromatic rings. The molecule has 0 spiro atoms. The summed E-state index contributed by atoms with van der Waals surface area (Å²) in [5.41, 5.74) is 6.49. The molecule has 0 fully saturated rings. The van der Waals surface area contributed by atoms with Gasteiger partial charge < -0.3 is 15.8 Å². The minimum atomic E-state index is -0.675. The van der Waals surface area contributed by atoms with E-state index >= 15 is 0 Å². The van der Waals surface area contributed by atoms with Crippen LogP contribution >= 0.6 is 11.6 Å². The molecule has 2 rings (SSSR count). The Morgan fingerprint density at radius 2 is 2.09 bits per heavy atom. The van der Waals surface area contributed by atoms with E-state index in [2.05, 4.69) is 21.9 Å². The third-order valence-corrected chi connectivity index (χ3v) is 2.96. The zero-order valence-electron chi connectivity index (χ0n) is 11.8. The maximum absolute atomic E-state index is 12.0. The highest BCUT2D eigenvalue weighted by atomic mass is 35.5. The number of nitrogens with one attached hydrogen (secondary N) is 1. The summed E-state index contributed by atoms with van der Waals surface area (Å²) in [6, 6.07) is 9.28. The number of ether oxygens (including phenoxy) is 1. The molecule has 0 atom stereocenters. The van der Waals surface area contributed by atoms with E-state index in [9.17, 15) is 4.79 Å². The fourth-order valence-corrected chi connectivity index (χ4v) is 1.84. The number of carbonyl (C=O) groups is 1. The van der Waals surface area contributed by atoms with Gasteiger partial charge in [-0.25, -0.2) is 14.8 Å². The number of hydrogen-bond acceptors (Lipinski definition) is 6. The quantitative estimate of drug-likeness (QED) is 0.628. The number of aromatic nitrogens is 2. The second-order valence-corrected chi connectivity index (χ2v) is 4.69. The molecule has 22 heavy (non-hydrogen) atoms. The zero-order chi connectivity index (χ0) is 15.9. The molecule has 0 saturated carbocycles. The molecule has 114 valence electrons. The summed E-state index contributed by atoms with van der Waals surface area (Å²) in [5, 5.41) is 2.92. The lowest BCUT2D eigenvalue weighted by atomic mass is 10.2. The highest BCUT2D eigenvalue weighted by Gasteiger charge is 2.18. The van der Waals surface area contributed by atoms with Gasteiger partial charge in [0, 0.05) is 6.54 Å². The van der Waals surface area contributed by atoms with Crippen LogP contribution in [0.25, 0.3) is 0 Å². The van der Waals surface area contributed by atoms with E-state index in [1.165, 1.54) is 0 Å². The predicted molar refractivity (Wildman–Crippen MR) is 85.7 cm³/mol. The molecule has 6 nitrogen and oxygen atoms in total. The molecule has 0 aliphatic carbocycles. The fourth-order valence-electron chi connectivity index (χ4n) is 1.65. The van der Waals surface area contributed by atoms with E-state index in [4.69, 9.17) is 22.1 Å². The van der Waals surface area contributed by atoms with Gasteiger partial charge in [0.15, 0.2) is 22.5 Å². The first-order valence-corrected chi connectivity index (χ1v) is 6.88. The molecule has 0 unspecified atom stereocenters. The van der Waals surface area contributed by atoms with E-state index in [0.717, 1.165) is 5.56 Å². The smallest absolute Gasteiger partial charge is 0.361 e. The highest BCUT2D eigenvalue weighted by Crippen LogP contribution is 2.21. The van der Waals surface area contributed by atoms with Gasteiger partial charge >= 0.3 is 5.97 Å². The van der Waals surface area contributed by atoms with Gasteiger partial charge in [-0.3, -0.25) is 0 Å². The van der Waals surface area contributed by atoms with Crippen molar-refractivity contribution in [2.24, 2.45) is 0 Å². The molecule has 0 amide bonds. The minimum absolute atomic E-state index is 0.0442. The Balaban J connectivity index is 2.09. The van der Waals surface area contributed by atoms with Gasteiger partial charge in [-0.1, -0.05) is 48.0 Å². The van der Waals surface area contributed by atoms with Crippen molar-refractivity contribution < 1.29 is 9.53 Å². The molecule has 1 heterocycles. The first-order valence-electron chi connectivity index (χ1n) is 6.50. The van der Waals surface area contributed by atoms with Gasteiger partial charge in [0.05, 0.1) is 0 Å². The summed E-state index contributed by atoms with van der Waals surface area (Å²) in [6.07, 6.45) is 1.64. The molecule has 0 bridgehead atoms. The van der Waals surface area contributed by atoms with Crippen molar-refractivity contribution in [3.63, 3.8) is 0 Å². The molecular formula is C15H15ClN4O2. The van der Waals surface area contributed by atoms with E-state index in [1.807, 2.05) is 30.3 Å². The fraction of sp³-hybridized carbons (Fsp3) is 0.133. The van der Waals surface area contributed by atoms with Gasteiger partial charge in [0.1, 0.15) is 6.61 Å². The average molecular weight is 319 g/mol. The zero-order valence-corrected chi connectivity index (χ0v) is 12.5. The maximum Gasteiger partial charge on any atom is 0.361 e. The summed E-state index contributed by atoms with van der Waals surface area (Å²) < 4.78 is 5.15. The van der Waals surface area contributed by atoms with E-state index < -0.39 is 5.97 Å². The van der Waals surface area contributed by atoms with Gasteiger partial charge in [-0.15, -0.1) is 6.58 Å². The number of anilines is 2. The van der Waals surface area contributed by atoms with Gasteiger partial charge in [0.25, 0.3) is 0 Å². The monoisotopic (exact) mass is 318 g/mol. The topological polar surface area (TPSA) is 90.1 Å². The van der Waals surface area contributed by atoms with E-state index in [0.29, 0.717) is 12.4 Å². The number of esters is 1. The summed E-state index contributed by atoms with van der Waals surface area (Å²) in [4.78, 5) is 20.0. The Labute approximate surface area is 133 Å². The molecule has 0 aliphatic rings. The molecular weight excluding hydrogens is 304 g/mol. The number of benzene rings is 1. The number of nitrogen functional groups attached to an aromatic ring is 1. The third-order valence-electron chi connectivity index (χ3n) is 2.70. The Bertz CT molecular complexity index is 677. The van der Waals surface area contributed by atoms with Gasteiger partial charge in [0.2, 0.25) is 0 Å². The number of rotatable bonds is 6. The van der Waals surface area contributed by atoms with Crippen LogP contribution in [0.15, 0.2) is 43.0 Å². The maximum atomic E-state index is 12.0. The first-order chi connectivity index (χ1) is 10.6. The van der Waals surface area contributed by atoms with Crippen LogP contribution in [-0.2, 0) is 11.3 Å². The standard InChI is InChI=1S/C15H15ClN4O2/c1-2-8-18-14-12(16)19-11(13(17)20-14)15(21)22-9-10-6-4-3-5-7-10/h2-7H,1,8-9H2,(H3,17,18,20). The van der Waals surface area contributed by atoms with Crippen LogP contribution in [-0.4, -0.2) is 22.5 Å². The third kappa shape index (κ3) is 3.95. The van der Waals surface area contributed by atoms with E-state index in [1.54, 1.807) is 6.08 Å². The van der Waals surface area contributed by atoms with Gasteiger partial charge in [-0.2, -0.15) is 0 Å². The highest BCUT2D eigenvalue weighted by molar-refractivity contribution is 6.31. The first kappa shape index (κ1) is 15.8. The molecule has 1 aromatic carbocycles. The van der Waals surface area contributed by atoms with Crippen molar-refractivity contribution in [2.45, 2.75) is 6.61 Å². The van der Waals surface area contributed by atoms with Crippen LogP contribution in [0.1, 0.15) is 16.1 Å². The van der Waals surface area contributed by atoms with Crippen LogP contribution in [0.4, 0.5) is 11.6 Å². The molecule has 0 aliphatic heterocycles. The van der Waals surface area contributed by atoms with Crippen LogP contribution in [0, 0.1) is 0 Å². The van der Waals surface area contributed by atoms with Crippen molar-refractivity contribution in [2.75, 3.05) is 17.6 Å². The lowest BCUT2D eigenvalue weighted by Gasteiger charge is -2.09. The number of carbonyl (C=O) groups excluding carboxylic acids is 1. The Kier molecular flexibility index (Phi) is 5.32. The number of halogens is 1. The number of nitrogens with zero attached hydrogens (tertiary/aromatic N) is 2. The molecule has 3 N–H and O–H groups in total. The molecule has 1 aromatic heterocycles. The summed E-state index contributed by atoms with van der Waals surface area (Å²) in [7, 11) is 0. The Morgan fingerprint density at radius 3 is 2.77 bits per heavy atom. The Hall–Kier alpha value is -2.60. The summed E-state index contributed by atoms with van der Waals surface area (Å²) in [6.45, 7) is 4.14. The molecule has 7 heteroatoms. The Morgan fingerprint density at radius 1 is 1.36 bits per heavy atom. The lowest BCUT2D eigenvalue weighted by molar-refractivity contribution is 0.0467. The summed E-state index contributed by atoms with van der Waals surface area (Å²) >= 11 is 5.96.